The summed E-state index contributed by atoms with van der Waals surface area (Å²) in [6, 6.07) is 10.4. The third kappa shape index (κ3) is 3.10. The van der Waals surface area contributed by atoms with Crippen molar-refractivity contribution in [3.05, 3.63) is 42.0 Å². The van der Waals surface area contributed by atoms with Gasteiger partial charge in [0.15, 0.2) is 0 Å². The Morgan fingerprint density at radius 3 is 2.77 bits per heavy atom. The molecule has 3 aromatic rings. The Morgan fingerprint density at radius 1 is 1.18 bits per heavy atom. The highest BCUT2D eigenvalue weighted by molar-refractivity contribution is 7.17. The van der Waals surface area contributed by atoms with Crippen molar-refractivity contribution < 1.29 is 0 Å². The van der Waals surface area contributed by atoms with Crippen molar-refractivity contribution in [3.8, 4) is 11.1 Å². The second-order valence-corrected chi connectivity index (χ2v) is 6.10. The molecule has 0 unspecified atom stereocenters. The number of rotatable bonds is 6. The number of hydrogen-bond acceptors (Lipinski definition) is 5. The second kappa shape index (κ2) is 6.85. The lowest BCUT2D eigenvalue weighted by atomic mass is 10.1. The van der Waals surface area contributed by atoms with Gasteiger partial charge in [0.25, 0.3) is 0 Å². The zero-order valence-electron chi connectivity index (χ0n) is 12.9. The summed E-state index contributed by atoms with van der Waals surface area (Å²) in [7, 11) is 2.12. The van der Waals surface area contributed by atoms with Gasteiger partial charge in [-0.25, -0.2) is 9.97 Å². The zero-order chi connectivity index (χ0) is 15.4. The van der Waals surface area contributed by atoms with Crippen LogP contribution in [0.15, 0.2) is 42.0 Å². The minimum absolute atomic E-state index is 0.876. The lowest BCUT2D eigenvalue weighted by Crippen LogP contribution is -2.25. The minimum Gasteiger partial charge on any atom is -0.368 e. The van der Waals surface area contributed by atoms with Crippen LogP contribution >= 0.6 is 11.3 Å². The average Bonchev–Trinajstić information content (AvgIpc) is 3.00. The van der Waals surface area contributed by atoms with Gasteiger partial charge in [-0.3, -0.25) is 0 Å². The van der Waals surface area contributed by atoms with E-state index in [9.17, 15) is 0 Å². The van der Waals surface area contributed by atoms with Crippen LogP contribution in [0.3, 0.4) is 0 Å². The summed E-state index contributed by atoms with van der Waals surface area (Å²) < 4.78 is 0. The molecular formula is C17H20N4S. The molecule has 0 aliphatic rings. The smallest absolute Gasteiger partial charge is 0.138 e. The van der Waals surface area contributed by atoms with E-state index in [1.165, 1.54) is 11.1 Å². The number of nitrogens with one attached hydrogen (secondary N) is 1. The fourth-order valence-electron chi connectivity index (χ4n) is 2.36. The van der Waals surface area contributed by atoms with Crippen molar-refractivity contribution in [1.82, 2.24) is 14.9 Å². The molecule has 114 valence electrons. The summed E-state index contributed by atoms with van der Waals surface area (Å²) in [5.74, 6) is 0.926. The van der Waals surface area contributed by atoms with Crippen LogP contribution in [-0.2, 0) is 0 Å². The molecule has 1 aromatic carbocycles. The van der Waals surface area contributed by atoms with E-state index in [1.807, 2.05) is 6.07 Å². The van der Waals surface area contributed by atoms with Crippen molar-refractivity contribution in [3.63, 3.8) is 0 Å². The van der Waals surface area contributed by atoms with Gasteiger partial charge in [-0.2, -0.15) is 0 Å². The second-order valence-electron chi connectivity index (χ2n) is 5.24. The fourth-order valence-corrected chi connectivity index (χ4v) is 3.28. The third-order valence-electron chi connectivity index (χ3n) is 3.78. The first kappa shape index (κ1) is 14.9. The highest BCUT2D eigenvalue weighted by Gasteiger charge is 2.12. The summed E-state index contributed by atoms with van der Waals surface area (Å²) >= 11 is 1.67. The highest BCUT2D eigenvalue weighted by atomic mass is 32.1. The Morgan fingerprint density at radius 2 is 2.00 bits per heavy atom. The van der Waals surface area contributed by atoms with Crippen LogP contribution in [0.2, 0.25) is 0 Å². The number of aromatic nitrogens is 2. The molecule has 0 spiro atoms. The molecule has 5 heteroatoms. The quantitative estimate of drug-likeness (QED) is 0.753. The number of anilines is 1. The van der Waals surface area contributed by atoms with Crippen LogP contribution in [0, 0.1) is 0 Å². The molecular weight excluding hydrogens is 292 g/mol. The molecule has 3 rings (SSSR count). The fraction of sp³-hybridized carbons (Fsp3) is 0.294. The molecule has 0 amide bonds. The van der Waals surface area contributed by atoms with E-state index in [4.69, 9.17) is 0 Å². The first-order valence-electron chi connectivity index (χ1n) is 7.49. The van der Waals surface area contributed by atoms with Crippen molar-refractivity contribution in [2.75, 3.05) is 32.0 Å². The van der Waals surface area contributed by atoms with E-state index in [2.05, 4.69) is 63.8 Å². The van der Waals surface area contributed by atoms with Gasteiger partial charge in [-0.15, -0.1) is 11.3 Å². The number of benzene rings is 1. The minimum atomic E-state index is 0.876. The molecule has 0 fully saturated rings. The van der Waals surface area contributed by atoms with Gasteiger partial charge >= 0.3 is 0 Å². The Bertz CT molecular complexity index is 739. The summed E-state index contributed by atoms with van der Waals surface area (Å²) in [5, 5.41) is 6.75. The van der Waals surface area contributed by atoms with Crippen molar-refractivity contribution in [2.45, 2.75) is 6.92 Å². The Kier molecular flexibility index (Phi) is 4.65. The molecule has 0 saturated heterocycles. The van der Waals surface area contributed by atoms with Gasteiger partial charge in [0.05, 0.1) is 5.39 Å². The van der Waals surface area contributed by atoms with Crippen LogP contribution in [-0.4, -0.2) is 41.5 Å². The number of nitrogens with zero attached hydrogens (tertiary/aromatic N) is 3. The average molecular weight is 312 g/mol. The summed E-state index contributed by atoms with van der Waals surface area (Å²) in [5.41, 5.74) is 2.41. The molecule has 2 heterocycles. The largest absolute Gasteiger partial charge is 0.368 e. The summed E-state index contributed by atoms with van der Waals surface area (Å²) in [6.45, 7) is 5.08. The van der Waals surface area contributed by atoms with Gasteiger partial charge in [-0.05, 0) is 19.2 Å². The van der Waals surface area contributed by atoms with Crippen LogP contribution in [0.1, 0.15) is 6.92 Å². The molecule has 4 nitrogen and oxygen atoms in total. The predicted molar refractivity (Wildman–Crippen MR) is 94.5 cm³/mol. The number of thiophene rings is 1. The van der Waals surface area contributed by atoms with Gasteiger partial charge in [0, 0.05) is 24.0 Å². The first-order valence-corrected chi connectivity index (χ1v) is 8.37. The molecule has 0 radical (unpaired) electrons. The molecule has 0 aliphatic heterocycles. The normalized spacial score (nSPS) is 11.2. The SMILES string of the molecule is CCN(C)CCNc1ncnc2scc(-c3ccccc3)c12. The van der Waals surface area contributed by atoms with E-state index < -0.39 is 0 Å². The predicted octanol–water partition coefficient (Wildman–Crippen LogP) is 3.72. The maximum atomic E-state index is 4.45. The lowest BCUT2D eigenvalue weighted by molar-refractivity contribution is 0.367. The third-order valence-corrected chi connectivity index (χ3v) is 4.67. The molecule has 0 atom stereocenters. The van der Waals surface area contributed by atoms with Crippen LogP contribution in [0.25, 0.3) is 21.3 Å². The van der Waals surface area contributed by atoms with E-state index in [0.717, 1.165) is 35.7 Å². The summed E-state index contributed by atoms with van der Waals surface area (Å²) in [6.07, 6.45) is 1.64. The van der Waals surface area contributed by atoms with E-state index in [1.54, 1.807) is 17.7 Å². The van der Waals surface area contributed by atoms with E-state index in [0.29, 0.717) is 0 Å². The Labute approximate surface area is 134 Å². The highest BCUT2D eigenvalue weighted by Crippen LogP contribution is 2.36. The molecule has 0 saturated carbocycles. The van der Waals surface area contributed by atoms with Crippen LogP contribution in [0.5, 0.6) is 0 Å². The van der Waals surface area contributed by atoms with Gasteiger partial charge in [-0.1, -0.05) is 37.3 Å². The van der Waals surface area contributed by atoms with Gasteiger partial charge in [0.2, 0.25) is 0 Å². The molecule has 22 heavy (non-hydrogen) atoms. The van der Waals surface area contributed by atoms with Crippen molar-refractivity contribution >= 4 is 27.4 Å². The molecule has 0 bridgehead atoms. The molecule has 1 N–H and O–H groups in total. The van der Waals surface area contributed by atoms with E-state index in [-0.39, 0.29) is 0 Å². The molecule has 2 aromatic heterocycles. The lowest BCUT2D eigenvalue weighted by Gasteiger charge is -2.14. The van der Waals surface area contributed by atoms with Gasteiger partial charge < -0.3 is 10.2 Å². The topological polar surface area (TPSA) is 41.0 Å². The molecule has 0 aliphatic carbocycles. The van der Waals surface area contributed by atoms with E-state index >= 15 is 0 Å². The van der Waals surface area contributed by atoms with Crippen molar-refractivity contribution in [2.24, 2.45) is 0 Å². The Balaban J connectivity index is 1.92. The van der Waals surface area contributed by atoms with Crippen molar-refractivity contribution in [1.29, 1.82) is 0 Å². The zero-order valence-corrected chi connectivity index (χ0v) is 13.7. The number of hydrogen-bond donors (Lipinski definition) is 1. The number of likely N-dealkylation sites (N-methyl/N-ethyl adjacent to an activating group) is 1. The Hall–Kier alpha value is -1.98. The maximum Gasteiger partial charge on any atom is 0.138 e. The standard InChI is InChI=1S/C17H20N4S/c1-3-21(2)10-9-18-16-15-14(13-7-5-4-6-8-13)11-22-17(15)20-12-19-16/h4-8,11-12H,3,9-10H2,1-2H3,(H,18,19,20). The van der Waals surface area contributed by atoms with Crippen LogP contribution in [0.4, 0.5) is 5.82 Å². The van der Waals surface area contributed by atoms with Crippen LogP contribution < -0.4 is 5.32 Å². The van der Waals surface area contributed by atoms with Gasteiger partial charge in [0.1, 0.15) is 17.0 Å². The first-order chi connectivity index (χ1) is 10.8. The maximum absolute atomic E-state index is 4.45. The number of fused-ring (bicyclic) bond motifs is 1. The summed E-state index contributed by atoms with van der Waals surface area (Å²) in [4.78, 5) is 12.2. The monoisotopic (exact) mass is 312 g/mol.